The summed E-state index contributed by atoms with van der Waals surface area (Å²) in [7, 11) is 0. The van der Waals surface area contributed by atoms with E-state index in [2.05, 4.69) is 49.9 Å². The molecule has 1 aromatic rings. The van der Waals surface area contributed by atoms with Crippen LogP contribution in [-0.2, 0) is 4.74 Å². The third-order valence-corrected chi connectivity index (χ3v) is 3.24. The normalized spacial score (nSPS) is 21.5. The number of rotatable bonds is 2. The maximum absolute atomic E-state index is 5.47. The predicted molar refractivity (Wildman–Crippen MR) is 68.2 cm³/mol. The summed E-state index contributed by atoms with van der Waals surface area (Å²) >= 11 is 0. The first kappa shape index (κ1) is 11.5. The lowest BCUT2D eigenvalue weighted by Crippen LogP contribution is -2.43. The zero-order valence-electron chi connectivity index (χ0n) is 10.4. The highest BCUT2D eigenvalue weighted by Crippen LogP contribution is 2.24. The molecular weight excluding hydrogens is 198 g/mol. The zero-order valence-corrected chi connectivity index (χ0v) is 10.4. The summed E-state index contributed by atoms with van der Waals surface area (Å²) < 4.78 is 5.47. The molecule has 0 aromatic heterocycles. The minimum absolute atomic E-state index is 0.483. The highest BCUT2D eigenvalue weighted by Gasteiger charge is 2.19. The van der Waals surface area contributed by atoms with Crippen LogP contribution in [0.25, 0.3) is 0 Å². The Balaban J connectivity index is 2.21. The van der Waals surface area contributed by atoms with Crippen LogP contribution in [0.3, 0.4) is 0 Å². The second kappa shape index (κ2) is 4.88. The molecule has 1 fully saturated rings. The quantitative estimate of drug-likeness (QED) is 0.758. The Morgan fingerprint density at radius 3 is 2.88 bits per heavy atom. The Morgan fingerprint density at radius 2 is 2.19 bits per heavy atom. The molecule has 1 heterocycles. The van der Waals surface area contributed by atoms with E-state index in [0.717, 1.165) is 19.8 Å². The van der Waals surface area contributed by atoms with Gasteiger partial charge in [0, 0.05) is 18.3 Å². The van der Waals surface area contributed by atoms with Crippen molar-refractivity contribution in [3.8, 4) is 0 Å². The number of nitrogens with zero attached hydrogens (tertiary/aromatic N) is 1. The Kier molecular flexibility index (Phi) is 3.49. The first-order valence-electron chi connectivity index (χ1n) is 6.13. The van der Waals surface area contributed by atoms with Gasteiger partial charge in [0.2, 0.25) is 0 Å². The summed E-state index contributed by atoms with van der Waals surface area (Å²) in [4.78, 5) is 2.44. The van der Waals surface area contributed by atoms with Gasteiger partial charge in [0.15, 0.2) is 0 Å². The van der Waals surface area contributed by atoms with Crippen molar-refractivity contribution in [3.05, 3.63) is 29.8 Å². The monoisotopic (exact) mass is 219 g/mol. The van der Waals surface area contributed by atoms with Crippen molar-refractivity contribution in [2.45, 2.75) is 32.7 Å². The summed E-state index contributed by atoms with van der Waals surface area (Å²) in [6, 6.07) is 9.36. The van der Waals surface area contributed by atoms with Gasteiger partial charge < -0.3 is 9.64 Å². The zero-order chi connectivity index (χ0) is 11.5. The highest BCUT2D eigenvalue weighted by molar-refractivity contribution is 5.50. The van der Waals surface area contributed by atoms with Crippen LogP contribution in [0, 0.1) is 0 Å². The fourth-order valence-corrected chi connectivity index (χ4v) is 2.17. The number of morpholine rings is 1. The Hall–Kier alpha value is -1.02. The average Bonchev–Trinajstić information content (AvgIpc) is 2.30. The first-order valence-corrected chi connectivity index (χ1v) is 6.13. The Bertz CT molecular complexity index is 348. The fourth-order valence-electron chi connectivity index (χ4n) is 2.17. The molecular formula is C14H21NO. The molecule has 0 spiro atoms. The van der Waals surface area contributed by atoms with Gasteiger partial charge in [-0.3, -0.25) is 0 Å². The molecule has 0 bridgehead atoms. The molecule has 0 saturated carbocycles. The van der Waals surface area contributed by atoms with Gasteiger partial charge in [-0.1, -0.05) is 26.0 Å². The van der Waals surface area contributed by atoms with Gasteiger partial charge in [0.1, 0.15) is 0 Å². The van der Waals surface area contributed by atoms with Gasteiger partial charge in [-0.25, -0.2) is 0 Å². The van der Waals surface area contributed by atoms with Gasteiger partial charge in [-0.05, 0) is 30.5 Å². The summed E-state index contributed by atoms with van der Waals surface area (Å²) in [6.45, 7) is 9.38. The van der Waals surface area contributed by atoms with Crippen molar-refractivity contribution >= 4 is 5.69 Å². The minimum atomic E-state index is 0.483. The van der Waals surface area contributed by atoms with Crippen LogP contribution < -0.4 is 4.90 Å². The van der Waals surface area contributed by atoms with Gasteiger partial charge in [0.25, 0.3) is 0 Å². The molecule has 0 N–H and O–H groups in total. The van der Waals surface area contributed by atoms with Gasteiger partial charge in [0.05, 0.1) is 13.2 Å². The van der Waals surface area contributed by atoms with E-state index >= 15 is 0 Å². The highest BCUT2D eigenvalue weighted by atomic mass is 16.5. The number of hydrogen-bond acceptors (Lipinski definition) is 2. The Labute approximate surface area is 98.2 Å². The second-order valence-corrected chi connectivity index (χ2v) is 4.87. The van der Waals surface area contributed by atoms with E-state index < -0.39 is 0 Å². The van der Waals surface area contributed by atoms with Crippen LogP contribution in [0.2, 0.25) is 0 Å². The van der Waals surface area contributed by atoms with Crippen molar-refractivity contribution in [1.29, 1.82) is 0 Å². The third kappa shape index (κ3) is 2.38. The van der Waals surface area contributed by atoms with E-state index in [1.807, 2.05) is 0 Å². The standard InChI is InChI=1S/C14H21NO/c1-11(2)13-5-4-6-14(9-13)15-7-8-16-10-12(15)3/h4-6,9,11-12H,7-8,10H2,1-3H3. The molecule has 0 amide bonds. The summed E-state index contributed by atoms with van der Waals surface area (Å²) in [5.41, 5.74) is 2.75. The van der Waals surface area contributed by atoms with Gasteiger partial charge >= 0.3 is 0 Å². The van der Waals surface area contributed by atoms with Crippen molar-refractivity contribution in [3.63, 3.8) is 0 Å². The van der Waals surface area contributed by atoms with E-state index in [4.69, 9.17) is 4.74 Å². The van der Waals surface area contributed by atoms with E-state index in [1.54, 1.807) is 0 Å². The molecule has 2 nitrogen and oxygen atoms in total. The van der Waals surface area contributed by atoms with Crippen molar-refractivity contribution < 1.29 is 4.74 Å². The van der Waals surface area contributed by atoms with Gasteiger partial charge in [-0.2, -0.15) is 0 Å². The molecule has 1 saturated heterocycles. The van der Waals surface area contributed by atoms with Crippen LogP contribution in [-0.4, -0.2) is 25.8 Å². The third-order valence-electron chi connectivity index (χ3n) is 3.24. The topological polar surface area (TPSA) is 12.5 Å². The number of ether oxygens (including phenoxy) is 1. The molecule has 1 aliphatic heterocycles. The van der Waals surface area contributed by atoms with Crippen LogP contribution in [0.15, 0.2) is 24.3 Å². The van der Waals surface area contributed by atoms with E-state index in [0.29, 0.717) is 12.0 Å². The molecule has 2 rings (SSSR count). The predicted octanol–water partition coefficient (Wildman–Crippen LogP) is 3.04. The van der Waals surface area contributed by atoms with Gasteiger partial charge in [-0.15, -0.1) is 0 Å². The number of benzene rings is 1. The van der Waals surface area contributed by atoms with E-state index in [9.17, 15) is 0 Å². The maximum atomic E-state index is 5.47. The van der Waals surface area contributed by atoms with E-state index in [1.165, 1.54) is 11.3 Å². The summed E-state index contributed by atoms with van der Waals surface area (Å²) in [5, 5.41) is 0. The lowest BCUT2D eigenvalue weighted by atomic mass is 10.0. The van der Waals surface area contributed by atoms with Crippen LogP contribution >= 0.6 is 0 Å². The van der Waals surface area contributed by atoms with Crippen molar-refractivity contribution in [1.82, 2.24) is 0 Å². The largest absolute Gasteiger partial charge is 0.377 e. The molecule has 16 heavy (non-hydrogen) atoms. The maximum Gasteiger partial charge on any atom is 0.0668 e. The molecule has 0 aliphatic carbocycles. The SMILES string of the molecule is CC(C)c1cccc(N2CCOCC2C)c1. The number of hydrogen-bond donors (Lipinski definition) is 0. The molecule has 1 unspecified atom stereocenters. The molecule has 1 aromatic carbocycles. The fraction of sp³-hybridized carbons (Fsp3) is 0.571. The Morgan fingerprint density at radius 1 is 1.38 bits per heavy atom. The lowest BCUT2D eigenvalue weighted by molar-refractivity contribution is 0.0989. The van der Waals surface area contributed by atoms with E-state index in [-0.39, 0.29) is 0 Å². The lowest BCUT2D eigenvalue weighted by Gasteiger charge is -2.35. The minimum Gasteiger partial charge on any atom is -0.377 e. The molecule has 0 radical (unpaired) electrons. The smallest absolute Gasteiger partial charge is 0.0668 e. The molecule has 1 aliphatic rings. The van der Waals surface area contributed by atoms with Crippen LogP contribution in [0.1, 0.15) is 32.3 Å². The summed E-state index contributed by atoms with van der Waals surface area (Å²) in [5.74, 6) is 0.594. The molecule has 1 atom stereocenters. The van der Waals surface area contributed by atoms with Crippen molar-refractivity contribution in [2.75, 3.05) is 24.7 Å². The summed E-state index contributed by atoms with van der Waals surface area (Å²) in [6.07, 6.45) is 0. The van der Waals surface area contributed by atoms with Crippen LogP contribution in [0.5, 0.6) is 0 Å². The average molecular weight is 219 g/mol. The second-order valence-electron chi connectivity index (χ2n) is 4.87. The molecule has 88 valence electrons. The molecule has 2 heteroatoms. The first-order chi connectivity index (χ1) is 7.68. The van der Waals surface area contributed by atoms with Crippen molar-refractivity contribution in [2.24, 2.45) is 0 Å². The number of anilines is 1. The van der Waals surface area contributed by atoms with Crippen LogP contribution in [0.4, 0.5) is 5.69 Å².